The Morgan fingerprint density at radius 1 is 1.00 bits per heavy atom. The summed E-state index contributed by atoms with van der Waals surface area (Å²) in [4.78, 5) is 24.1. The van der Waals surface area contributed by atoms with Gasteiger partial charge in [0.05, 0.1) is 7.11 Å². The lowest BCUT2D eigenvalue weighted by atomic mass is 10.0. The number of ether oxygens (including phenoxy) is 1. The summed E-state index contributed by atoms with van der Waals surface area (Å²) in [6.07, 6.45) is 0.0729. The van der Waals surface area contributed by atoms with E-state index < -0.39 is 12.0 Å². The Balaban J connectivity index is 2.00. The van der Waals surface area contributed by atoms with Gasteiger partial charge in [0.25, 0.3) is 0 Å². The van der Waals surface area contributed by atoms with Crippen LogP contribution in [-0.4, -0.2) is 24.9 Å². The predicted octanol–water partition coefficient (Wildman–Crippen LogP) is 2.59. The van der Waals surface area contributed by atoms with Crippen LogP contribution in [0.4, 0.5) is 0 Å². The van der Waals surface area contributed by atoms with Gasteiger partial charge in [-0.15, -0.1) is 0 Å². The van der Waals surface area contributed by atoms with Gasteiger partial charge in [-0.05, 0) is 5.56 Å². The summed E-state index contributed by atoms with van der Waals surface area (Å²) in [6.45, 7) is 0.503. The highest BCUT2D eigenvalue weighted by atomic mass is 16.5. The van der Waals surface area contributed by atoms with E-state index in [4.69, 9.17) is 4.74 Å². The molecule has 0 radical (unpaired) electrons. The summed E-state index contributed by atoms with van der Waals surface area (Å²) >= 11 is 0. The quantitative estimate of drug-likeness (QED) is 0.630. The molecule has 0 saturated heterocycles. The minimum atomic E-state index is -0.655. The van der Waals surface area contributed by atoms with Crippen molar-refractivity contribution in [3.8, 4) is 0 Å². The molecular weight excluding hydrogens is 278 g/mol. The molecule has 0 heterocycles. The first-order chi connectivity index (χ1) is 10.7. The number of carbonyl (C=O) groups excluding carboxylic acids is 2. The second-order valence-corrected chi connectivity index (χ2v) is 4.94. The van der Waals surface area contributed by atoms with Crippen molar-refractivity contribution in [2.24, 2.45) is 0 Å². The molecule has 0 amide bonds. The molecule has 0 aliphatic carbocycles. The number of nitrogens with one attached hydrogen (secondary N) is 1. The molecule has 0 saturated carbocycles. The van der Waals surface area contributed by atoms with Crippen LogP contribution in [0.15, 0.2) is 60.7 Å². The molecule has 2 aromatic rings. The Morgan fingerprint density at radius 2 is 1.59 bits per heavy atom. The van der Waals surface area contributed by atoms with E-state index in [1.807, 2.05) is 36.4 Å². The van der Waals surface area contributed by atoms with Gasteiger partial charge in [-0.2, -0.15) is 0 Å². The topological polar surface area (TPSA) is 55.4 Å². The smallest absolute Gasteiger partial charge is 0.323 e. The zero-order valence-electron chi connectivity index (χ0n) is 12.5. The third-order valence-electron chi connectivity index (χ3n) is 3.37. The van der Waals surface area contributed by atoms with Gasteiger partial charge in [0.15, 0.2) is 5.78 Å². The Kier molecular flexibility index (Phi) is 5.86. The first kappa shape index (κ1) is 15.9. The van der Waals surface area contributed by atoms with E-state index in [1.54, 1.807) is 24.3 Å². The first-order valence-electron chi connectivity index (χ1n) is 7.14. The van der Waals surface area contributed by atoms with Gasteiger partial charge in [0.1, 0.15) is 6.04 Å². The van der Waals surface area contributed by atoms with E-state index in [0.717, 1.165) is 5.56 Å². The highest BCUT2D eigenvalue weighted by Gasteiger charge is 2.22. The number of esters is 1. The maximum Gasteiger partial charge on any atom is 0.323 e. The lowest BCUT2D eigenvalue weighted by Gasteiger charge is -2.16. The van der Waals surface area contributed by atoms with E-state index in [9.17, 15) is 9.59 Å². The maximum atomic E-state index is 12.2. The third-order valence-corrected chi connectivity index (χ3v) is 3.37. The van der Waals surface area contributed by atoms with E-state index >= 15 is 0 Å². The zero-order valence-corrected chi connectivity index (χ0v) is 12.5. The fourth-order valence-corrected chi connectivity index (χ4v) is 2.15. The molecule has 0 fully saturated rings. The van der Waals surface area contributed by atoms with Gasteiger partial charge in [0, 0.05) is 18.5 Å². The van der Waals surface area contributed by atoms with Crippen LogP contribution in [0, 0.1) is 0 Å². The van der Waals surface area contributed by atoms with Crippen molar-refractivity contribution in [1.29, 1.82) is 0 Å². The summed E-state index contributed by atoms with van der Waals surface area (Å²) in [5.74, 6) is -0.517. The van der Waals surface area contributed by atoms with Gasteiger partial charge in [-0.25, -0.2) is 0 Å². The van der Waals surface area contributed by atoms with Crippen LogP contribution >= 0.6 is 0 Å². The largest absolute Gasteiger partial charge is 0.468 e. The number of Topliss-reactive ketones (excluding diaryl/α,β-unsaturated/α-hetero) is 1. The van der Waals surface area contributed by atoms with E-state index in [0.29, 0.717) is 12.1 Å². The van der Waals surface area contributed by atoms with Gasteiger partial charge in [0.2, 0.25) is 0 Å². The SMILES string of the molecule is COC(=O)C(CC(=O)c1ccccc1)NCc1ccccc1. The molecule has 0 aliphatic heterocycles. The molecule has 0 bridgehead atoms. The Hall–Kier alpha value is -2.46. The van der Waals surface area contributed by atoms with Crippen molar-refractivity contribution in [3.63, 3.8) is 0 Å². The van der Waals surface area contributed by atoms with Crippen LogP contribution in [0.5, 0.6) is 0 Å². The summed E-state index contributed by atoms with van der Waals surface area (Å²) < 4.78 is 4.78. The van der Waals surface area contributed by atoms with Crippen LogP contribution in [0.25, 0.3) is 0 Å². The van der Waals surface area contributed by atoms with Crippen LogP contribution in [0.3, 0.4) is 0 Å². The van der Waals surface area contributed by atoms with Crippen molar-refractivity contribution in [1.82, 2.24) is 5.32 Å². The molecule has 0 aromatic heterocycles. The molecular formula is C18H19NO3. The number of rotatable bonds is 7. The van der Waals surface area contributed by atoms with Crippen LogP contribution < -0.4 is 5.32 Å². The van der Waals surface area contributed by atoms with Gasteiger partial charge >= 0.3 is 5.97 Å². The minimum absolute atomic E-state index is 0.0729. The highest BCUT2D eigenvalue weighted by Crippen LogP contribution is 2.08. The lowest BCUT2D eigenvalue weighted by molar-refractivity contribution is -0.143. The second kappa shape index (κ2) is 8.10. The fraction of sp³-hybridized carbons (Fsp3) is 0.222. The molecule has 1 N–H and O–H groups in total. The molecule has 0 aliphatic rings. The Morgan fingerprint density at radius 3 is 2.18 bits per heavy atom. The molecule has 1 unspecified atom stereocenters. The second-order valence-electron chi connectivity index (χ2n) is 4.94. The van der Waals surface area contributed by atoms with Crippen molar-refractivity contribution in [3.05, 3.63) is 71.8 Å². The predicted molar refractivity (Wildman–Crippen MR) is 84.5 cm³/mol. The molecule has 4 heteroatoms. The number of ketones is 1. The fourth-order valence-electron chi connectivity index (χ4n) is 2.15. The van der Waals surface area contributed by atoms with E-state index in [-0.39, 0.29) is 12.2 Å². The van der Waals surface area contributed by atoms with Gasteiger partial charge in [-0.3, -0.25) is 14.9 Å². The van der Waals surface area contributed by atoms with Gasteiger partial charge < -0.3 is 4.74 Å². The molecule has 22 heavy (non-hydrogen) atoms. The maximum absolute atomic E-state index is 12.2. The minimum Gasteiger partial charge on any atom is -0.468 e. The van der Waals surface area contributed by atoms with Crippen LogP contribution in [0.2, 0.25) is 0 Å². The molecule has 4 nitrogen and oxygen atoms in total. The summed E-state index contributed by atoms with van der Waals surface area (Å²) in [7, 11) is 1.33. The van der Waals surface area contributed by atoms with E-state index in [1.165, 1.54) is 7.11 Å². The summed E-state index contributed by atoms with van der Waals surface area (Å²) in [5, 5.41) is 3.09. The van der Waals surface area contributed by atoms with Crippen molar-refractivity contribution >= 4 is 11.8 Å². The first-order valence-corrected chi connectivity index (χ1v) is 7.14. The van der Waals surface area contributed by atoms with Crippen molar-refractivity contribution in [2.45, 2.75) is 19.0 Å². The van der Waals surface area contributed by atoms with Crippen LogP contribution in [0.1, 0.15) is 22.3 Å². The Labute approximate surface area is 130 Å². The van der Waals surface area contributed by atoms with E-state index in [2.05, 4.69) is 5.32 Å². The Bertz CT molecular complexity index is 611. The summed E-state index contributed by atoms with van der Waals surface area (Å²) in [6, 6.07) is 18.0. The van der Waals surface area contributed by atoms with Crippen LogP contribution in [-0.2, 0) is 16.1 Å². The third kappa shape index (κ3) is 4.53. The number of hydrogen-bond donors (Lipinski definition) is 1. The number of hydrogen-bond acceptors (Lipinski definition) is 4. The average Bonchev–Trinajstić information content (AvgIpc) is 2.59. The molecule has 0 spiro atoms. The molecule has 2 rings (SSSR count). The molecule has 1 atom stereocenters. The monoisotopic (exact) mass is 297 g/mol. The molecule has 114 valence electrons. The van der Waals surface area contributed by atoms with Gasteiger partial charge in [-0.1, -0.05) is 60.7 Å². The van der Waals surface area contributed by atoms with Crippen molar-refractivity contribution < 1.29 is 14.3 Å². The lowest BCUT2D eigenvalue weighted by Crippen LogP contribution is -2.39. The molecule has 2 aromatic carbocycles. The standard InChI is InChI=1S/C18H19NO3/c1-22-18(21)16(19-13-14-8-4-2-5-9-14)12-17(20)15-10-6-3-7-11-15/h2-11,16,19H,12-13H2,1H3. The average molecular weight is 297 g/mol. The number of benzene rings is 2. The number of methoxy groups -OCH3 is 1. The highest BCUT2D eigenvalue weighted by molar-refractivity contribution is 5.98. The zero-order chi connectivity index (χ0) is 15.8. The summed E-state index contributed by atoms with van der Waals surface area (Å²) in [5.41, 5.74) is 1.64. The van der Waals surface area contributed by atoms with Crippen molar-refractivity contribution in [2.75, 3.05) is 7.11 Å². The number of carbonyl (C=O) groups is 2. The normalized spacial score (nSPS) is 11.7.